The fraction of sp³-hybridized carbons (Fsp3) is 0.581. The lowest BCUT2D eigenvalue weighted by molar-refractivity contribution is -0.141. The number of benzene rings is 1. The van der Waals surface area contributed by atoms with E-state index in [1.807, 2.05) is 51.1 Å². The molecule has 0 radical (unpaired) electrons. The van der Waals surface area contributed by atoms with Crippen LogP contribution in [0.4, 0.5) is 0 Å². The van der Waals surface area contributed by atoms with Crippen LogP contribution in [0.1, 0.15) is 81.8 Å². The Labute approximate surface area is 245 Å². The lowest BCUT2D eigenvalue weighted by Gasteiger charge is -2.28. The van der Waals surface area contributed by atoms with Gasteiger partial charge in [-0.15, -0.1) is 11.3 Å². The second kappa shape index (κ2) is 13.6. The number of fused-ring (bicyclic) bond motifs is 1. The van der Waals surface area contributed by atoms with Gasteiger partial charge in [0.05, 0.1) is 10.9 Å². The molecule has 41 heavy (non-hydrogen) atoms. The highest BCUT2D eigenvalue weighted by atomic mass is 32.1. The molecule has 2 heterocycles. The third kappa shape index (κ3) is 8.61. The smallest absolute Gasteiger partial charge is 0.289 e. The van der Waals surface area contributed by atoms with Gasteiger partial charge >= 0.3 is 0 Å². The average molecular weight is 583 g/mol. The zero-order valence-corrected chi connectivity index (χ0v) is 25.0. The van der Waals surface area contributed by atoms with Crippen LogP contribution in [0.25, 0.3) is 10.1 Å². The van der Waals surface area contributed by atoms with Gasteiger partial charge in [-0.05, 0) is 48.1 Å². The lowest BCUT2D eigenvalue weighted by Crippen LogP contribution is -2.55. The summed E-state index contributed by atoms with van der Waals surface area (Å²) >= 11 is 1.36. The number of carbonyl (C=O) groups is 5. The van der Waals surface area contributed by atoms with Gasteiger partial charge in [0.1, 0.15) is 6.04 Å². The number of amides is 4. The van der Waals surface area contributed by atoms with Gasteiger partial charge in [0.25, 0.3) is 11.8 Å². The summed E-state index contributed by atoms with van der Waals surface area (Å²) in [7, 11) is 0. The van der Waals surface area contributed by atoms with E-state index in [2.05, 4.69) is 21.3 Å². The molecule has 4 N–H and O–H groups in total. The number of rotatable bonds is 11. The molecule has 0 bridgehead atoms. The van der Waals surface area contributed by atoms with Crippen molar-refractivity contribution >= 4 is 50.8 Å². The lowest BCUT2D eigenvalue weighted by atomic mass is 9.84. The summed E-state index contributed by atoms with van der Waals surface area (Å²) in [6.07, 6.45) is 6.26. The highest BCUT2D eigenvalue weighted by molar-refractivity contribution is 7.20. The first kappa shape index (κ1) is 30.7. The number of thiophene rings is 1. The SMILES string of the molecule is CC(C)(C)CNC(=O)C(=O)[C@H](C[C@@H]1CCNC1=O)NC(=O)[C@H](CC1CCCCC1)NC(=O)c1cc2ccccc2s1. The van der Waals surface area contributed by atoms with Gasteiger partial charge in [0.2, 0.25) is 17.6 Å². The molecule has 2 aliphatic rings. The van der Waals surface area contributed by atoms with Crippen molar-refractivity contribution in [3.05, 3.63) is 35.2 Å². The van der Waals surface area contributed by atoms with E-state index < -0.39 is 35.6 Å². The molecule has 1 aromatic heterocycles. The van der Waals surface area contributed by atoms with Crippen LogP contribution >= 0.6 is 11.3 Å². The van der Waals surface area contributed by atoms with Crippen LogP contribution in [0.3, 0.4) is 0 Å². The Hall–Kier alpha value is -3.27. The minimum absolute atomic E-state index is 0.0275. The summed E-state index contributed by atoms with van der Waals surface area (Å²) < 4.78 is 0.979. The number of ketones is 1. The quantitative estimate of drug-likeness (QED) is 0.300. The Bertz CT molecular complexity index is 1240. The van der Waals surface area contributed by atoms with E-state index in [1.165, 1.54) is 11.3 Å². The zero-order valence-electron chi connectivity index (χ0n) is 24.2. The van der Waals surface area contributed by atoms with Crippen LogP contribution in [-0.4, -0.2) is 54.6 Å². The summed E-state index contributed by atoms with van der Waals surface area (Å²) in [6, 6.07) is 7.48. The molecule has 2 aromatic rings. The van der Waals surface area contributed by atoms with Crippen LogP contribution < -0.4 is 21.3 Å². The van der Waals surface area contributed by atoms with E-state index in [1.54, 1.807) is 0 Å². The van der Waals surface area contributed by atoms with Gasteiger partial charge in [0.15, 0.2) is 0 Å². The van der Waals surface area contributed by atoms with E-state index in [-0.39, 0.29) is 36.1 Å². The molecule has 0 unspecified atom stereocenters. The monoisotopic (exact) mass is 582 g/mol. The Balaban J connectivity index is 1.52. The summed E-state index contributed by atoms with van der Waals surface area (Å²) in [5.74, 6) is -2.83. The Kier molecular flexibility index (Phi) is 10.2. The minimum atomic E-state index is -1.17. The molecule has 1 saturated carbocycles. The van der Waals surface area contributed by atoms with Crippen molar-refractivity contribution in [3.8, 4) is 0 Å². The summed E-state index contributed by atoms with van der Waals surface area (Å²) in [6.45, 7) is 6.60. The molecule has 3 atom stereocenters. The molecule has 4 amide bonds. The van der Waals surface area contributed by atoms with Crippen molar-refractivity contribution in [1.29, 1.82) is 0 Å². The third-order valence-corrected chi connectivity index (χ3v) is 9.00. The van der Waals surface area contributed by atoms with Crippen LogP contribution in [0.15, 0.2) is 30.3 Å². The van der Waals surface area contributed by atoms with Gasteiger partial charge in [-0.25, -0.2) is 0 Å². The standard InChI is InChI=1S/C31H42N4O5S/c1-31(2,3)18-33-30(40)26(36)22(16-21-13-14-32-27(21)37)34-28(38)23(15-19-9-5-4-6-10-19)35-29(39)25-17-20-11-7-8-12-24(20)41-25/h7-8,11-12,17,19,21-23H,4-6,9-10,13-16,18H2,1-3H3,(H,32,37)(H,33,40)(H,34,38)(H,35,39)/t21-,22-,23-/m0/s1. The van der Waals surface area contributed by atoms with E-state index in [4.69, 9.17) is 0 Å². The third-order valence-electron chi connectivity index (χ3n) is 7.88. The van der Waals surface area contributed by atoms with Gasteiger partial charge in [0, 0.05) is 23.7 Å². The fourth-order valence-electron chi connectivity index (χ4n) is 5.56. The minimum Gasteiger partial charge on any atom is -0.356 e. The molecule has 1 aliphatic heterocycles. The van der Waals surface area contributed by atoms with Gasteiger partial charge in [-0.3, -0.25) is 24.0 Å². The highest BCUT2D eigenvalue weighted by Crippen LogP contribution is 2.29. The second-order valence-corrected chi connectivity index (χ2v) is 13.7. The van der Waals surface area contributed by atoms with Crippen molar-refractivity contribution in [1.82, 2.24) is 21.3 Å². The first-order valence-corrected chi connectivity index (χ1v) is 15.5. The maximum atomic E-state index is 13.8. The van der Waals surface area contributed by atoms with Crippen LogP contribution in [0, 0.1) is 17.3 Å². The van der Waals surface area contributed by atoms with Gasteiger partial charge in [-0.2, -0.15) is 0 Å². The summed E-state index contributed by atoms with van der Waals surface area (Å²) in [5.41, 5.74) is -0.234. The van der Waals surface area contributed by atoms with Crippen molar-refractivity contribution in [2.75, 3.05) is 13.1 Å². The maximum absolute atomic E-state index is 13.8. The molecule has 2 fully saturated rings. The molecule has 1 aliphatic carbocycles. The Morgan fingerprint density at radius 1 is 0.976 bits per heavy atom. The van der Waals surface area contributed by atoms with Crippen molar-refractivity contribution < 1.29 is 24.0 Å². The largest absolute Gasteiger partial charge is 0.356 e. The number of nitrogens with one attached hydrogen (secondary N) is 4. The Morgan fingerprint density at radius 3 is 2.37 bits per heavy atom. The fourth-order valence-corrected chi connectivity index (χ4v) is 6.53. The van der Waals surface area contributed by atoms with Crippen LogP contribution in [0.5, 0.6) is 0 Å². The normalized spacial score (nSPS) is 19.3. The van der Waals surface area contributed by atoms with Crippen molar-refractivity contribution in [3.63, 3.8) is 0 Å². The van der Waals surface area contributed by atoms with E-state index in [0.717, 1.165) is 42.2 Å². The molecule has 0 spiro atoms. The molecular formula is C31H42N4O5S. The first-order chi connectivity index (χ1) is 19.5. The molecular weight excluding hydrogens is 540 g/mol. The van der Waals surface area contributed by atoms with E-state index >= 15 is 0 Å². The molecule has 10 heteroatoms. The number of Topliss-reactive ketones (excluding diaryl/α,β-unsaturated/α-hetero) is 1. The number of carbonyl (C=O) groups excluding carboxylic acids is 5. The van der Waals surface area contributed by atoms with Crippen LogP contribution in [0.2, 0.25) is 0 Å². The molecule has 4 rings (SSSR count). The van der Waals surface area contributed by atoms with Crippen molar-refractivity contribution in [2.24, 2.45) is 17.3 Å². The highest BCUT2D eigenvalue weighted by Gasteiger charge is 2.36. The second-order valence-electron chi connectivity index (χ2n) is 12.6. The van der Waals surface area contributed by atoms with E-state index in [0.29, 0.717) is 24.3 Å². The van der Waals surface area contributed by atoms with Crippen LogP contribution in [-0.2, 0) is 19.2 Å². The predicted octanol–water partition coefficient (Wildman–Crippen LogP) is 3.71. The molecule has 9 nitrogen and oxygen atoms in total. The number of hydrogen-bond acceptors (Lipinski definition) is 6. The first-order valence-electron chi connectivity index (χ1n) is 14.7. The maximum Gasteiger partial charge on any atom is 0.289 e. The van der Waals surface area contributed by atoms with Crippen molar-refractivity contribution in [2.45, 2.75) is 84.2 Å². The van der Waals surface area contributed by atoms with E-state index in [9.17, 15) is 24.0 Å². The topological polar surface area (TPSA) is 133 Å². The molecule has 1 aromatic carbocycles. The van der Waals surface area contributed by atoms with Gasteiger partial charge in [-0.1, -0.05) is 71.1 Å². The Morgan fingerprint density at radius 2 is 1.71 bits per heavy atom. The predicted molar refractivity (Wildman–Crippen MR) is 159 cm³/mol. The average Bonchev–Trinajstić information content (AvgIpc) is 3.56. The summed E-state index contributed by atoms with van der Waals surface area (Å²) in [5, 5.41) is 12.1. The number of hydrogen-bond donors (Lipinski definition) is 4. The molecule has 222 valence electrons. The zero-order chi connectivity index (χ0) is 29.6. The van der Waals surface area contributed by atoms with Gasteiger partial charge < -0.3 is 21.3 Å². The summed E-state index contributed by atoms with van der Waals surface area (Å²) in [4.78, 5) is 66.0. The molecule has 1 saturated heterocycles.